The van der Waals surface area contributed by atoms with Crippen LogP contribution >= 0.6 is 0 Å². The van der Waals surface area contributed by atoms with Crippen molar-refractivity contribution in [1.82, 2.24) is 15.5 Å². The molecule has 0 heterocycles. The number of ether oxygens (including phenoxy) is 2. The average Bonchev–Trinajstić information content (AvgIpc) is 2.90. The van der Waals surface area contributed by atoms with Crippen molar-refractivity contribution in [2.45, 2.75) is 78.5 Å². The Morgan fingerprint density at radius 2 is 1.68 bits per heavy atom. The van der Waals surface area contributed by atoms with Crippen LogP contribution in [0.15, 0.2) is 42.5 Å². The molecular weight excluding hydrogens is 526 g/mol. The van der Waals surface area contributed by atoms with Gasteiger partial charge in [-0.15, -0.1) is 0 Å². The molecule has 3 N–H and O–H groups in total. The van der Waals surface area contributed by atoms with E-state index in [1.54, 1.807) is 39.0 Å². The number of unbranched alkanes of at least 4 members (excludes halogenated alkanes) is 1. The van der Waals surface area contributed by atoms with E-state index in [0.29, 0.717) is 17.5 Å². The van der Waals surface area contributed by atoms with Gasteiger partial charge in [0, 0.05) is 13.0 Å². The molecule has 2 unspecified atom stereocenters. The fourth-order valence-electron chi connectivity index (χ4n) is 4.26. The molecule has 0 fully saturated rings. The van der Waals surface area contributed by atoms with Crippen molar-refractivity contribution < 1.29 is 33.8 Å². The van der Waals surface area contributed by atoms with Crippen LogP contribution in [0, 0.1) is 13.8 Å². The molecule has 0 aliphatic carbocycles. The molecule has 0 saturated carbocycles. The number of rotatable bonds is 12. The first-order chi connectivity index (χ1) is 19.3. The predicted molar refractivity (Wildman–Crippen MR) is 155 cm³/mol. The van der Waals surface area contributed by atoms with Gasteiger partial charge in [0.2, 0.25) is 11.8 Å². The molecule has 2 aromatic carbocycles. The highest BCUT2D eigenvalue weighted by atomic mass is 16.6. The standard InChI is InChI=1S/C31H43N3O7/c1-8-9-17-34(27(28(37)32-19-26(36)40-7)24-12-10-11-20(2)21(24)3)29(38)25(33-30(39)41-31(4,5)6)18-22-13-15-23(35)16-14-22/h10-16,25,27,35H,8-9,17-19H2,1-7H3,(H,32,37)(H,33,39). The zero-order chi connectivity index (χ0) is 30.7. The molecule has 3 amide bonds. The molecule has 0 aliphatic heterocycles. The molecule has 0 aliphatic rings. The molecule has 2 rings (SSSR count). The maximum Gasteiger partial charge on any atom is 0.408 e. The zero-order valence-corrected chi connectivity index (χ0v) is 25.1. The summed E-state index contributed by atoms with van der Waals surface area (Å²) in [6.45, 7) is 10.8. The highest BCUT2D eigenvalue weighted by Gasteiger charge is 2.37. The molecule has 2 atom stereocenters. The number of methoxy groups -OCH3 is 1. The van der Waals surface area contributed by atoms with Crippen LogP contribution in [-0.4, -0.2) is 65.7 Å². The SMILES string of the molecule is CCCCN(C(=O)C(Cc1ccc(O)cc1)NC(=O)OC(C)(C)C)C(C(=O)NCC(=O)OC)c1cccc(C)c1C. The lowest BCUT2D eigenvalue weighted by atomic mass is 9.94. The number of esters is 1. The Balaban J connectivity index is 2.60. The number of aromatic hydroxyl groups is 1. The third-order valence-corrected chi connectivity index (χ3v) is 6.54. The molecule has 0 bridgehead atoms. The fourth-order valence-corrected chi connectivity index (χ4v) is 4.26. The Hall–Kier alpha value is -4.08. The molecule has 0 radical (unpaired) electrons. The molecule has 10 nitrogen and oxygen atoms in total. The minimum absolute atomic E-state index is 0.0681. The van der Waals surface area contributed by atoms with Crippen LogP contribution in [0.1, 0.15) is 68.8 Å². The summed E-state index contributed by atoms with van der Waals surface area (Å²) >= 11 is 0. The van der Waals surface area contributed by atoms with Crippen molar-refractivity contribution in [3.63, 3.8) is 0 Å². The van der Waals surface area contributed by atoms with E-state index in [1.165, 1.54) is 24.1 Å². The quantitative estimate of drug-likeness (QED) is 0.328. The van der Waals surface area contributed by atoms with Crippen molar-refractivity contribution >= 4 is 23.9 Å². The first-order valence-electron chi connectivity index (χ1n) is 13.8. The lowest BCUT2D eigenvalue weighted by Gasteiger charge is -2.35. The van der Waals surface area contributed by atoms with Gasteiger partial charge in [-0.1, -0.05) is 43.7 Å². The first-order valence-corrected chi connectivity index (χ1v) is 13.8. The van der Waals surface area contributed by atoms with E-state index < -0.39 is 41.6 Å². The Morgan fingerprint density at radius 3 is 2.27 bits per heavy atom. The topological polar surface area (TPSA) is 134 Å². The molecule has 10 heteroatoms. The number of alkyl carbamates (subject to hydrolysis) is 1. The van der Waals surface area contributed by atoms with Crippen molar-refractivity contribution in [2.75, 3.05) is 20.2 Å². The number of aryl methyl sites for hydroxylation is 1. The highest BCUT2D eigenvalue weighted by Crippen LogP contribution is 2.28. The zero-order valence-electron chi connectivity index (χ0n) is 25.1. The third kappa shape index (κ3) is 10.1. The minimum Gasteiger partial charge on any atom is -0.508 e. The summed E-state index contributed by atoms with van der Waals surface area (Å²) in [4.78, 5) is 54.2. The number of carbonyl (C=O) groups excluding carboxylic acids is 4. The summed E-state index contributed by atoms with van der Waals surface area (Å²) < 4.78 is 10.1. The number of amides is 3. The van der Waals surface area contributed by atoms with Crippen molar-refractivity contribution in [3.8, 4) is 5.75 Å². The fraction of sp³-hybridized carbons (Fsp3) is 0.484. The molecular formula is C31H43N3O7. The van der Waals surface area contributed by atoms with E-state index in [-0.39, 0.29) is 25.3 Å². The van der Waals surface area contributed by atoms with Gasteiger partial charge in [-0.05, 0) is 75.4 Å². The molecule has 0 spiro atoms. The van der Waals surface area contributed by atoms with E-state index in [4.69, 9.17) is 4.74 Å². The summed E-state index contributed by atoms with van der Waals surface area (Å²) in [6, 6.07) is 9.66. The number of phenols is 1. The highest BCUT2D eigenvalue weighted by molar-refractivity contribution is 5.93. The largest absolute Gasteiger partial charge is 0.508 e. The summed E-state index contributed by atoms with van der Waals surface area (Å²) in [6.07, 6.45) is 0.651. The van der Waals surface area contributed by atoms with Crippen LogP contribution in [-0.2, 0) is 30.3 Å². The summed E-state index contributed by atoms with van der Waals surface area (Å²) in [5.74, 6) is -1.59. The van der Waals surface area contributed by atoms with Crippen LogP contribution in [0.4, 0.5) is 4.79 Å². The number of nitrogens with one attached hydrogen (secondary N) is 2. The van der Waals surface area contributed by atoms with Gasteiger partial charge in [-0.25, -0.2) is 4.79 Å². The smallest absolute Gasteiger partial charge is 0.408 e. The number of carbonyl (C=O) groups is 4. The van der Waals surface area contributed by atoms with Gasteiger partial charge in [0.05, 0.1) is 7.11 Å². The van der Waals surface area contributed by atoms with Crippen molar-refractivity contribution in [2.24, 2.45) is 0 Å². The number of nitrogens with zero attached hydrogens (tertiary/aromatic N) is 1. The second-order valence-electron chi connectivity index (χ2n) is 10.9. The lowest BCUT2D eigenvalue weighted by Crippen LogP contribution is -2.54. The number of phenolic OH excluding ortho intramolecular Hbond substituents is 1. The van der Waals surface area contributed by atoms with Crippen LogP contribution in [0.3, 0.4) is 0 Å². The number of hydrogen-bond donors (Lipinski definition) is 3. The van der Waals surface area contributed by atoms with Gasteiger partial charge in [0.25, 0.3) is 0 Å². The van der Waals surface area contributed by atoms with Gasteiger partial charge < -0.3 is 30.1 Å². The maximum absolute atomic E-state index is 14.4. The van der Waals surface area contributed by atoms with Gasteiger partial charge in [0.15, 0.2) is 0 Å². The monoisotopic (exact) mass is 569 g/mol. The van der Waals surface area contributed by atoms with Crippen LogP contribution < -0.4 is 10.6 Å². The van der Waals surface area contributed by atoms with Gasteiger partial charge in [-0.3, -0.25) is 14.4 Å². The molecule has 0 aromatic heterocycles. The second-order valence-corrected chi connectivity index (χ2v) is 10.9. The number of hydrogen-bond acceptors (Lipinski definition) is 7. The summed E-state index contributed by atoms with van der Waals surface area (Å²) in [7, 11) is 1.23. The second kappa shape index (κ2) is 15.1. The third-order valence-electron chi connectivity index (χ3n) is 6.54. The average molecular weight is 570 g/mol. The Kier molecular flexibility index (Phi) is 12.2. The first kappa shape index (κ1) is 33.1. The van der Waals surface area contributed by atoms with Crippen LogP contribution in [0.25, 0.3) is 0 Å². The van der Waals surface area contributed by atoms with E-state index in [2.05, 4.69) is 15.4 Å². The van der Waals surface area contributed by atoms with Gasteiger partial charge in [0.1, 0.15) is 30.0 Å². The van der Waals surface area contributed by atoms with E-state index >= 15 is 0 Å². The molecule has 0 saturated heterocycles. The van der Waals surface area contributed by atoms with Gasteiger partial charge >= 0.3 is 12.1 Å². The van der Waals surface area contributed by atoms with Gasteiger partial charge in [-0.2, -0.15) is 0 Å². The van der Waals surface area contributed by atoms with E-state index in [9.17, 15) is 24.3 Å². The molecule has 2 aromatic rings. The lowest BCUT2D eigenvalue weighted by molar-refractivity contribution is -0.144. The minimum atomic E-state index is -1.09. The van der Waals surface area contributed by atoms with Crippen LogP contribution in [0.2, 0.25) is 0 Å². The Bertz CT molecular complexity index is 1210. The number of benzene rings is 2. The maximum atomic E-state index is 14.4. The van der Waals surface area contributed by atoms with E-state index in [1.807, 2.05) is 32.9 Å². The summed E-state index contributed by atoms with van der Waals surface area (Å²) in [5.41, 5.74) is 2.26. The predicted octanol–water partition coefficient (Wildman–Crippen LogP) is 4.10. The molecule has 41 heavy (non-hydrogen) atoms. The van der Waals surface area contributed by atoms with E-state index in [0.717, 1.165) is 17.5 Å². The Labute approximate surface area is 242 Å². The molecule has 224 valence electrons. The normalized spacial score (nSPS) is 12.6. The summed E-state index contributed by atoms with van der Waals surface area (Å²) in [5, 5.41) is 15.0. The van der Waals surface area contributed by atoms with Crippen molar-refractivity contribution in [1.29, 1.82) is 0 Å². The Morgan fingerprint density at radius 1 is 1.02 bits per heavy atom. The van der Waals surface area contributed by atoms with Crippen molar-refractivity contribution in [3.05, 3.63) is 64.7 Å². The van der Waals surface area contributed by atoms with Crippen LogP contribution in [0.5, 0.6) is 5.75 Å².